The first-order valence-electron chi connectivity index (χ1n) is 12.6. The lowest BCUT2D eigenvalue weighted by Gasteiger charge is -2.64. The normalized spacial score (nSPS) is 36.9. The molecule has 1 aliphatic heterocycles. The van der Waals surface area contributed by atoms with Crippen LogP contribution < -0.4 is 0 Å². The predicted octanol–water partition coefficient (Wildman–Crippen LogP) is 5.50. The number of ether oxygens (including phenoxy) is 2. The molecule has 0 radical (unpaired) electrons. The Balaban J connectivity index is 1.56. The van der Waals surface area contributed by atoms with Crippen molar-refractivity contribution in [2.24, 2.45) is 23.2 Å². The highest BCUT2D eigenvalue weighted by Crippen LogP contribution is 2.66. The van der Waals surface area contributed by atoms with Gasteiger partial charge in [-0.1, -0.05) is 58.8 Å². The summed E-state index contributed by atoms with van der Waals surface area (Å²) < 4.78 is 19.1. The van der Waals surface area contributed by atoms with Gasteiger partial charge >= 0.3 is 0 Å². The van der Waals surface area contributed by atoms with Gasteiger partial charge in [-0.05, 0) is 55.7 Å². The van der Waals surface area contributed by atoms with E-state index in [1.165, 1.54) is 32.1 Å². The second-order valence-corrected chi connectivity index (χ2v) is 17.1. The Morgan fingerprint density at radius 2 is 1.71 bits per heavy atom. The maximum Gasteiger partial charge on any atom is 0.193 e. The quantitative estimate of drug-likeness (QED) is 0.457. The molecular weight excluding hydrogens is 404 g/mol. The first-order valence-corrected chi connectivity index (χ1v) is 15.5. The van der Waals surface area contributed by atoms with E-state index < -0.39 is 14.1 Å². The molecule has 31 heavy (non-hydrogen) atoms. The summed E-state index contributed by atoms with van der Waals surface area (Å²) in [6.45, 7) is 15.2. The van der Waals surface area contributed by atoms with Crippen molar-refractivity contribution >= 4 is 8.32 Å². The molecule has 1 N–H and O–H groups in total. The van der Waals surface area contributed by atoms with Crippen molar-refractivity contribution in [3.8, 4) is 11.8 Å². The fourth-order valence-electron chi connectivity index (χ4n) is 6.15. The van der Waals surface area contributed by atoms with Crippen LogP contribution in [0.1, 0.15) is 79.1 Å². The second kappa shape index (κ2) is 8.44. The molecule has 5 heteroatoms. The van der Waals surface area contributed by atoms with Crippen LogP contribution in [0.15, 0.2) is 0 Å². The van der Waals surface area contributed by atoms with Gasteiger partial charge in [0.15, 0.2) is 14.1 Å². The maximum atomic E-state index is 10.9. The van der Waals surface area contributed by atoms with Crippen molar-refractivity contribution in [2.75, 3.05) is 13.2 Å². The molecule has 0 bridgehead atoms. The number of aliphatic hydroxyl groups is 1. The van der Waals surface area contributed by atoms with Crippen molar-refractivity contribution in [3.05, 3.63) is 0 Å². The van der Waals surface area contributed by atoms with Gasteiger partial charge in [0, 0.05) is 11.8 Å². The van der Waals surface area contributed by atoms with Crippen molar-refractivity contribution in [1.82, 2.24) is 0 Å². The minimum absolute atomic E-state index is 0.00501. The molecule has 4 nitrogen and oxygen atoms in total. The van der Waals surface area contributed by atoms with Gasteiger partial charge in [-0.25, -0.2) is 0 Å². The molecular formula is C26H44O4Si. The third kappa shape index (κ3) is 4.17. The van der Waals surface area contributed by atoms with Gasteiger partial charge < -0.3 is 19.0 Å². The molecule has 0 aromatic heterocycles. The van der Waals surface area contributed by atoms with Crippen LogP contribution in [0.5, 0.6) is 0 Å². The van der Waals surface area contributed by atoms with Crippen LogP contribution >= 0.6 is 0 Å². The highest BCUT2D eigenvalue weighted by Gasteiger charge is 2.69. The lowest BCUT2D eigenvalue weighted by molar-refractivity contribution is -0.344. The van der Waals surface area contributed by atoms with Gasteiger partial charge in [-0.15, -0.1) is 0 Å². The molecule has 1 saturated heterocycles. The van der Waals surface area contributed by atoms with Crippen LogP contribution in [0.3, 0.4) is 0 Å². The Labute approximate surface area is 190 Å². The number of hydrogen-bond donors (Lipinski definition) is 1. The fourth-order valence-corrected chi connectivity index (χ4v) is 7.39. The van der Waals surface area contributed by atoms with Gasteiger partial charge in [-0.2, -0.15) is 0 Å². The maximum absolute atomic E-state index is 10.9. The predicted molar refractivity (Wildman–Crippen MR) is 126 cm³/mol. The Kier molecular flexibility index (Phi) is 6.47. The van der Waals surface area contributed by atoms with Crippen LogP contribution in [0, 0.1) is 35.0 Å². The Hall–Kier alpha value is -0.383. The zero-order valence-corrected chi connectivity index (χ0v) is 21.6. The number of aliphatic hydroxyl groups excluding tert-OH is 1. The van der Waals surface area contributed by atoms with E-state index in [4.69, 9.17) is 13.9 Å². The summed E-state index contributed by atoms with van der Waals surface area (Å²) >= 11 is 0. The van der Waals surface area contributed by atoms with Crippen LogP contribution in [0.4, 0.5) is 0 Å². The molecule has 4 rings (SSSR count). The first kappa shape index (κ1) is 23.8. The van der Waals surface area contributed by atoms with Crippen molar-refractivity contribution in [1.29, 1.82) is 0 Å². The topological polar surface area (TPSA) is 47.9 Å². The van der Waals surface area contributed by atoms with Crippen molar-refractivity contribution < 1.29 is 19.0 Å². The summed E-state index contributed by atoms with van der Waals surface area (Å²) in [7, 11) is -1.92. The second-order valence-electron chi connectivity index (χ2n) is 12.3. The molecule has 1 heterocycles. The zero-order chi connectivity index (χ0) is 22.5. The van der Waals surface area contributed by atoms with Crippen molar-refractivity contribution in [2.45, 2.75) is 115 Å². The fraction of sp³-hybridized carbons (Fsp3) is 0.923. The standard InChI is InChI=1S/C26H44O4Si/c1-24(2,3)31(5,6)30-23(19-10-8-7-9-11-19)13-12-20-21-18-26(28-16-17-29-26)25(21,4)15-14-22(20)27/h19-23,27H,7-11,14-18H2,1-6H3/t20-,21-,22-,23+,25+/m1/s1. The summed E-state index contributed by atoms with van der Waals surface area (Å²) in [4.78, 5) is 0. The molecule has 0 aromatic carbocycles. The molecule has 0 unspecified atom stereocenters. The average Bonchev–Trinajstić information content (AvgIpc) is 3.21. The van der Waals surface area contributed by atoms with E-state index in [0.29, 0.717) is 25.0 Å². The molecule has 0 amide bonds. The van der Waals surface area contributed by atoms with Gasteiger partial charge in [0.05, 0.1) is 25.2 Å². The van der Waals surface area contributed by atoms with Gasteiger partial charge in [0.25, 0.3) is 0 Å². The summed E-state index contributed by atoms with van der Waals surface area (Å²) in [5, 5.41) is 11.1. The molecule has 4 fully saturated rings. The van der Waals surface area contributed by atoms with Crippen LogP contribution in [-0.2, 0) is 13.9 Å². The smallest absolute Gasteiger partial charge is 0.193 e. The summed E-state index contributed by atoms with van der Waals surface area (Å²) in [6, 6.07) is 0. The lowest BCUT2D eigenvalue weighted by Crippen LogP contribution is -2.67. The largest absolute Gasteiger partial charge is 0.403 e. The minimum atomic E-state index is -1.92. The Morgan fingerprint density at radius 1 is 1.06 bits per heavy atom. The van der Waals surface area contributed by atoms with E-state index in [-0.39, 0.29) is 28.6 Å². The monoisotopic (exact) mass is 448 g/mol. The Bertz CT molecular complexity index is 705. The summed E-state index contributed by atoms with van der Waals surface area (Å²) in [5.74, 6) is 7.63. The molecule has 3 saturated carbocycles. The lowest BCUT2D eigenvalue weighted by atomic mass is 9.47. The highest BCUT2D eigenvalue weighted by molar-refractivity contribution is 6.74. The zero-order valence-electron chi connectivity index (χ0n) is 20.6. The average molecular weight is 449 g/mol. The van der Waals surface area contributed by atoms with Gasteiger partial charge in [-0.3, -0.25) is 0 Å². The summed E-state index contributed by atoms with van der Waals surface area (Å²) in [5.41, 5.74) is -0.0390. The van der Waals surface area contributed by atoms with E-state index in [9.17, 15) is 5.11 Å². The van der Waals surface area contributed by atoms with E-state index in [0.717, 1.165) is 19.3 Å². The third-order valence-electron chi connectivity index (χ3n) is 9.44. The Morgan fingerprint density at radius 3 is 2.32 bits per heavy atom. The van der Waals surface area contributed by atoms with E-state index in [1.54, 1.807) is 0 Å². The van der Waals surface area contributed by atoms with Crippen LogP contribution in [0.2, 0.25) is 18.1 Å². The van der Waals surface area contributed by atoms with E-state index in [1.807, 2.05) is 0 Å². The summed E-state index contributed by atoms with van der Waals surface area (Å²) in [6.07, 6.45) is 8.56. The van der Waals surface area contributed by atoms with Gasteiger partial charge in [0.1, 0.15) is 6.10 Å². The molecule has 0 aromatic rings. The van der Waals surface area contributed by atoms with Gasteiger partial charge in [0.2, 0.25) is 0 Å². The first-order chi connectivity index (χ1) is 14.5. The SMILES string of the molecule is CC(C)(C)[Si](C)(C)O[C@@H](C#C[C@H]1[C@H](O)CC[C@@]2(C)[C@@H]1CC21OCCO1)C1CCCCC1. The van der Waals surface area contributed by atoms with Crippen LogP contribution in [-0.4, -0.2) is 44.6 Å². The van der Waals surface area contributed by atoms with E-state index >= 15 is 0 Å². The molecule has 4 aliphatic rings. The van der Waals surface area contributed by atoms with Crippen molar-refractivity contribution in [3.63, 3.8) is 0 Å². The highest BCUT2D eigenvalue weighted by atomic mass is 28.4. The molecule has 176 valence electrons. The van der Waals surface area contributed by atoms with Crippen LogP contribution in [0.25, 0.3) is 0 Å². The molecule has 1 spiro atoms. The third-order valence-corrected chi connectivity index (χ3v) is 13.9. The number of rotatable bonds is 3. The molecule has 3 aliphatic carbocycles. The number of fused-ring (bicyclic) bond motifs is 2. The van der Waals surface area contributed by atoms with E-state index in [2.05, 4.69) is 52.6 Å². The minimum Gasteiger partial charge on any atom is -0.403 e. The number of hydrogen-bond acceptors (Lipinski definition) is 4. The molecule has 5 atom stereocenters.